The van der Waals surface area contributed by atoms with Gasteiger partial charge in [0.2, 0.25) is 0 Å². The summed E-state index contributed by atoms with van der Waals surface area (Å²) in [6.45, 7) is 1.54. The summed E-state index contributed by atoms with van der Waals surface area (Å²) in [6, 6.07) is -0.528. The first-order valence-corrected chi connectivity index (χ1v) is 5.73. The summed E-state index contributed by atoms with van der Waals surface area (Å²) < 4.78 is 1.55. The second kappa shape index (κ2) is 4.32. The standard InChI is InChI=1S/C11H16N4O3/c1-11(9(16)17,7-3-4-7)14-10(18)13-8-5-12-15(2)6-8/h5-7H,3-4H2,1-2H3,(H,16,17)(H2,13,14,18). The topological polar surface area (TPSA) is 96.2 Å². The summed E-state index contributed by atoms with van der Waals surface area (Å²) in [5.41, 5.74) is -0.676. The highest BCUT2D eigenvalue weighted by Crippen LogP contribution is 2.39. The van der Waals surface area contributed by atoms with Gasteiger partial charge in [0, 0.05) is 13.2 Å². The summed E-state index contributed by atoms with van der Waals surface area (Å²) in [6.07, 6.45) is 4.79. The van der Waals surface area contributed by atoms with E-state index in [9.17, 15) is 14.7 Å². The van der Waals surface area contributed by atoms with Crippen LogP contribution >= 0.6 is 0 Å². The van der Waals surface area contributed by atoms with Crippen LogP contribution in [0.4, 0.5) is 10.5 Å². The predicted octanol–water partition coefficient (Wildman–Crippen LogP) is 0.795. The maximum Gasteiger partial charge on any atom is 0.329 e. The highest BCUT2D eigenvalue weighted by atomic mass is 16.4. The molecule has 7 nitrogen and oxygen atoms in total. The first-order valence-electron chi connectivity index (χ1n) is 5.73. The number of hydrogen-bond acceptors (Lipinski definition) is 3. The van der Waals surface area contributed by atoms with Crippen molar-refractivity contribution in [3.8, 4) is 0 Å². The van der Waals surface area contributed by atoms with Crippen molar-refractivity contribution in [2.75, 3.05) is 5.32 Å². The fraction of sp³-hybridized carbons (Fsp3) is 0.545. The van der Waals surface area contributed by atoms with Crippen molar-refractivity contribution in [2.45, 2.75) is 25.3 Å². The van der Waals surface area contributed by atoms with Gasteiger partial charge in [-0.05, 0) is 25.7 Å². The average Bonchev–Trinajstić information content (AvgIpc) is 3.04. The van der Waals surface area contributed by atoms with Gasteiger partial charge < -0.3 is 15.7 Å². The first-order chi connectivity index (χ1) is 8.41. The van der Waals surface area contributed by atoms with E-state index in [-0.39, 0.29) is 5.92 Å². The molecule has 2 rings (SSSR count). The summed E-state index contributed by atoms with van der Waals surface area (Å²) in [7, 11) is 1.73. The molecule has 0 radical (unpaired) electrons. The van der Waals surface area contributed by atoms with Gasteiger partial charge in [-0.1, -0.05) is 0 Å². The Labute approximate surface area is 104 Å². The Kier molecular flexibility index (Phi) is 2.98. The fourth-order valence-corrected chi connectivity index (χ4v) is 1.87. The average molecular weight is 252 g/mol. The Balaban J connectivity index is 1.99. The number of aliphatic carboxylic acids is 1. The van der Waals surface area contributed by atoms with Gasteiger partial charge in [0.15, 0.2) is 0 Å². The SMILES string of the molecule is Cn1cc(NC(=O)NC(C)(C(=O)O)C2CC2)cn1. The Hall–Kier alpha value is -2.05. The minimum atomic E-state index is -1.20. The lowest BCUT2D eigenvalue weighted by Crippen LogP contribution is -2.55. The number of carboxylic acid groups (broad SMARTS) is 1. The van der Waals surface area contributed by atoms with Crippen LogP contribution in [0.1, 0.15) is 19.8 Å². The van der Waals surface area contributed by atoms with E-state index in [1.807, 2.05) is 0 Å². The molecule has 0 aromatic carbocycles. The number of nitrogens with zero attached hydrogens (tertiary/aromatic N) is 2. The maximum atomic E-state index is 11.8. The lowest BCUT2D eigenvalue weighted by atomic mass is 9.96. The first kappa shape index (κ1) is 12.4. The molecule has 0 spiro atoms. The highest BCUT2D eigenvalue weighted by Gasteiger charge is 2.48. The molecule has 1 unspecified atom stereocenters. The van der Waals surface area contributed by atoms with Gasteiger partial charge in [-0.25, -0.2) is 9.59 Å². The Morgan fingerprint density at radius 3 is 2.67 bits per heavy atom. The molecule has 18 heavy (non-hydrogen) atoms. The molecular formula is C11H16N4O3. The smallest absolute Gasteiger partial charge is 0.329 e. The molecule has 1 atom stereocenters. The van der Waals surface area contributed by atoms with E-state index in [4.69, 9.17) is 0 Å². The minimum absolute atomic E-state index is 0.00893. The molecule has 1 aromatic rings. The van der Waals surface area contributed by atoms with Crippen LogP contribution in [0.5, 0.6) is 0 Å². The van der Waals surface area contributed by atoms with Gasteiger partial charge in [0.05, 0.1) is 11.9 Å². The van der Waals surface area contributed by atoms with E-state index in [0.29, 0.717) is 5.69 Å². The third-order valence-electron chi connectivity index (χ3n) is 3.17. The number of anilines is 1. The summed E-state index contributed by atoms with van der Waals surface area (Å²) >= 11 is 0. The van der Waals surface area contributed by atoms with Gasteiger partial charge in [0.1, 0.15) is 5.54 Å². The largest absolute Gasteiger partial charge is 0.480 e. The fourth-order valence-electron chi connectivity index (χ4n) is 1.87. The van der Waals surface area contributed by atoms with Crippen LogP contribution in [-0.2, 0) is 11.8 Å². The predicted molar refractivity (Wildman–Crippen MR) is 64.1 cm³/mol. The number of carboxylic acids is 1. The normalized spacial score (nSPS) is 17.9. The van der Waals surface area contributed by atoms with Crippen molar-refractivity contribution in [1.82, 2.24) is 15.1 Å². The van der Waals surface area contributed by atoms with Crippen molar-refractivity contribution in [3.05, 3.63) is 12.4 Å². The van der Waals surface area contributed by atoms with E-state index < -0.39 is 17.5 Å². The van der Waals surface area contributed by atoms with Crippen LogP contribution in [0.3, 0.4) is 0 Å². The molecule has 1 fully saturated rings. The second-order valence-corrected chi connectivity index (χ2v) is 4.76. The van der Waals surface area contributed by atoms with Crippen molar-refractivity contribution in [3.63, 3.8) is 0 Å². The molecule has 1 aromatic heterocycles. The van der Waals surface area contributed by atoms with Crippen molar-refractivity contribution in [2.24, 2.45) is 13.0 Å². The molecule has 1 saturated carbocycles. The summed E-state index contributed by atoms with van der Waals surface area (Å²) in [5, 5.41) is 18.2. The molecule has 1 aliphatic carbocycles. The number of aromatic nitrogens is 2. The molecule has 7 heteroatoms. The Morgan fingerprint density at radius 2 is 2.22 bits per heavy atom. The Morgan fingerprint density at radius 1 is 1.56 bits per heavy atom. The molecule has 0 bridgehead atoms. The number of rotatable bonds is 4. The van der Waals surface area contributed by atoms with Gasteiger partial charge >= 0.3 is 12.0 Å². The van der Waals surface area contributed by atoms with Gasteiger partial charge in [0.25, 0.3) is 0 Å². The number of urea groups is 1. The van der Waals surface area contributed by atoms with Crippen molar-refractivity contribution >= 4 is 17.7 Å². The van der Waals surface area contributed by atoms with Crippen LogP contribution < -0.4 is 10.6 Å². The molecule has 3 N–H and O–H groups in total. The van der Waals surface area contributed by atoms with E-state index in [1.54, 1.807) is 17.9 Å². The lowest BCUT2D eigenvalue weighted by molar-refractivity contribution is -0.144. The molecular weight excluding hydrogens is 236 g/mol. The zero-order valence-electron chi connectivity index (χ0n) is 10.3. The number of amides is 2. The quantitative estimate of drug-likeness (QED) is 0.738. The van der Waals surface area contributed by atoms with E-state index in [0.717, 1.165) is 12.8 Å². The number of carbonyl (C=O) groups is 2. The van der Waals surface area contributed by atoms with E-state index in [2.05, 4.69) is 15.7 Å². The molecule has 1 aliphatic rings. The van der Waals surface area contributed by atoms with Gasteiger partial charge in [-0.3, -0.25) is 4.68 Å². The number of hydrogen-bond donors (Lipinski definition) is 3. The van der Waals surface area contributed by atoms with E-state index in [1.165, 1.54) is 13.1 Å². The zero-order valence-corrected chi connectivity index (χ0v) is 10.3. The van der Waals surface area contributed by atoms with Crippen LogP contribution in [0.2, 0.25) is 0 Å². The molecule has 0 saturated heterocycles. The summed E-state index contributed by atoms with van der Waals surface area (Å²) in [4.78, 5) is 23.0. The molecule has 0 aliphatic heterocycles. The molecule has 2 amide bonds. The van der Waals surface area contributed by atoms with Crippen molar-refractivity contribution < 1.29 is 14.7 Å². The van der Waals surface area contributed by atoms with Crippen LogP contribution in [0.15, 0.2) is 12.4 Å². The number of nitrogens with one attached hydrogen (secondary N) is 2. The maximum absolute atomic E-state index is 11.8. The number of aryl methyl sites for hydroxylation is 1. The third-order valence-corrected chi connectivity index (χ3v) is 3.17. The van der Waals surface area contributed by atoms with Crippen LogP contribution in [0.25, 0.3) is 0 Å². The minimum Gasteiger partial charge on any atom is -0.480 e. The second-order valence-electron chi connectivity index (χ2n) is 4.76. The number of carbonyl (C=O) groups excluding carboxylic acids is 1. The Bertz CT molecular complexity index is 480. The van der Waals surface area contributed by atoms with Crippen molar-refractivity contribution in [1.29, 1.82) is 0 Å². The van der Waals surface area contributed by atoms with Crippen LogP contribution in [0, 0.1) is 5.92 Å². The van der Waals surface area contributed by atoms with Crippen LogP contribution in [-0.4, -0.2) is 32.4 Å². The molecule has 98 valence electrons. The highest BCUT2D eigenvalue weighted by molar-refractivity contribution is 5.93. The summed E-state index contributed by atoms with van der Waals surface area (Å²) in [5.74, 6) is -0.999. The van der Waals surface area contributed by atoms with Gasteiger partial charge in [-0.2, -0.15) is 5.10 Å². The zero-order chi connectivity index (χ0) is 13.3. The van der Waals surface area contributed by atoms with Gasteiger partial charge in [-0.15, -0.1) is 0 Å². The molecule has 1 heterocycles. The lowest BCUT2D eigenvalue weighted by Gasteiger charge is -2.25. The van der Waals surface area contributed by atoms with E-state index >= 15 is 0 Å². The monoisotopic (exact) mass is 252 g/mol. The third kappa shape index (κ3) is 2.44.